The van der Waals surface area contributed by atoms with E-state index in [0.29, 0.717) is 6.04 Å². The van der Waals surface area contributed by atoms with Gasteiger partial charge in [-0.3, -0.25) is 4.68 Å². The normalized spacial score (nSPS) is 16.5. The average molecular weight is 204 g/mol. The van der Waals surface area contributed by atoms with Crippen molar-refractivity contribution in [3.8, 4) is 0 Å². The zero-order valence-electron chi connectivity index (χ0n) is 10.1. The van der Waals surface area contributed by atoms with Gasteiger partial charge in [-0.25, -0.2) is 0 Å². The summed E-state index contributed by atoms with van der Waals surface area (Å²) in [4.78, 5) is 0. The van der Waals surface area contributed by atoms with Gasteiger partial charge in [-0.05, 0) is 33.3 Å². The van der Waals surface area contributed by atoms with Gasteiger partial charge < -0.3 is 0 Å². The highest BCUT2D eigenvalue weighted by Crippen LogP contribution is 2.02. The van der Waals surface area contributed by atoms with Crippen LogP contribution in [0.2, 0.25) is 0 Å². The van der Waals surface area contributed by atoms with Gasteiger partial charge in [-0.1, -0.05) is 25.2 Å². The molecule has 0 aliphatic rings. The Morgan fingerprint density at radius 3 is 2.73 bits per heavy atom. The van der Waals surface area contributed by atoms with E-state index in [0.717, 1.165) is 6.42 Å². The molecule has 1 unspecified atom stereocenters. The minimum atomic E-state index is 0.454. The Bertz CT molecular complexity index is 438. The molecule has 1 rings (SSSR count). The van der Waals surface area contributed by atoms with Crippen LogP contribution in [0.4, 0.5) is 0 Å². The van der Waals surface area contributed by atoms with Crippen LogP contribution >= 0.6 is 0 Å². The molecule has 0 N–H and O–H groups in total. The van der Waals surface area contributed by atoms with E-state index in [1.54, 1.807) is 0 Å². The zero-order valence-corrected chi connectivity index (χ0v) is 10.1. The Labute approximate surface area is 91.6 Å². The van der Waals surface area contributed by atoms with Crippen LogP contribution in [0, 0.1) is 0 Å². The number of aromatic nitrogens is 2. The molecule has 0 fully saturated rings. The molecule has 0 aliphatic carbocycles. The van der Waals surface area contributed by atoms with Crippen molar-refractivity contribution in [1.29, 1.82) is 0 Å². The molecule has 0 aromatic carbocycles. The second-order valence-corrected chi connectivity index (χ2v) is 3.67. The summed E-state index contributed by atoms with van der Waals surface area (Å²) in [6, 6.07) is 0.454. The number of nitrogens with zero attached hydrogens (tertiary/aromatic N) is 2. The molecule has 0 saturated carbocycles. The van der Waals surface area contributed by atoms with Gasteiger partial charge in [0, 0.05) is 11.3 Å². The Morgan fingerprint density at radius 2 is 2.20 bits per heavy atom. The largest absolute Gasteiger partial charge is 0.262 e. The summed E-state index contributed by atoms with van der Waals surface area (Å²) in [6.07, 6.45) is 11.3. The number of rotatable bonds is 3. The molecule has 0 radical (unpaired) electrons. The van der Waals surface area contributed by atoms with Gasteiger partial charge in [0.15, 0.2) is 0 Å². The van der Waals surface area contributed by atoms with Crippen molar-refractivity contribution < 1.29 is 0 Å². The SMILES string of the molecule is C\C=C/C=c1\c(=C/C)cnn1C(C)CC. The van der Waals surface area contributed by atoms with Gasteiger partial charge in [0.2, 0.25) is 0 Å². The quantitative estimate of drug-likeness (QED) is 0.736. The minimum absolute atomic E-state index is 0.454. The molecule has 1 aromatic heterocycles. The van der Waals surface area contributed by atoms with Crippen LogP contribution in [0.3, 0.4) is 0 Å². The van der Waals surface area contributed by atoms with Crippen LogP contribution in [-0.4, -0.2) is 9.78 Å². The lowest BCUT2D eigenvalue weighted by atomic mass is 10.2. The number of hydrogen-bond acceptors (Lipinski definition) is 1. The molecule has 2 nitrogen and oxygen atoms in total. The molecule has 2 heteroatoms. The van der Waals surface area contributed by atoms with Crippen molar-refractivity contribution in [3.63, 3.8) is 0 Å². The molecule has 0 bridgehead atoms. The monoisotopic (exact) mass is 204 g/mol. The molecular weight excluding hydrogens is 184 g/mol. The second kappa shape index (κ2) is 5.54. The standard InChI is InChI=1S/C13H20N2/c1-5-8-9-13-12(7-3)10-14-15(13)11(4)6-2/h5,7-11H,6H2,1-4H3/b8-5-,12-7-,13-9+. The number of hydrogen-bond donors (Lipinski definition) is 0. The van der Waals surface area contributed by atoms with Crippen LogP contribution < -0.4 is 10.6 Å². The van der Waals surface area contributed by atoms with Crippen molar-refractivity contribution in [1.82, 2.24) is 9.78 Å². The first kappa shape index (κ1) is 11.8. The van der Waals surface area contributed by atoms with Crippen LogP contribution in [0.15, 0.2) is 18.3 Å². The molecule has 1 aromatic rings. The van der Waals surface area contributed by atoms with Gasteiger partial charge in [-0.15, -0.1) is 0 Å². The van der Waals surface area contributed by atoms with Gasteiger partial charge >= 0.3 is 0 Å². The maximum absolute atomic E-state index is 4.43. The summed E-state index contributed by atoms with van der Waals surface area (Å²) in [5.41, 5.74) is 0. The number of allylic oxidation sites excluding steroid dienone is 2. The summed E-state index contributed by atoms with van der Waals surface area (Å²) in [5, 5.41) is 6.83. The zero-order chi connectivity index (χ0) is 11.3. The molecule has 0 amide bonds. The van der Waals surface area contributed by atoms with E-state index in [1.807, 2.05) is 26.1 Å². The van der Waals surface area contributed by atoms with Gasteiger partial charge in [0.25, 0.3) is 0 Å². The lowest BCUT2D eigenvalue weighted by Gasteiger charge is -2.08. The van der Waals surface area contributed by atoms with Crippen LogP contribution in [0.1, 0.15) is 40.2 Å². The first-order valence-electron chi connectivity index (χ1n) is 5.57. The molecule has 82 valence electrons. The summed E-state index contributed by atoms with van der Waals surface area (Å²) < 4.78 is 2.09. The van der Waals surface area contributed by atoms with Crippen molar-refractivity contribution in [3.05, 3.63) is 28.9 Å². The molecular formula is C13H20N2. The van der Waals surface area contributed by atoms with Gasteiger partial charge in [0.1, 0.15) is 0 Å². The van der Waals surface area contributed by atoms with Crippen LogP contribution in [-0.2, 0) is 0 Å². The predicted molar refractivity (Wildman–Crippen MR) is 65.9 cm³/mol. The molecule has 1 heterocycles. The van der Waals surface area contributed by atoms with E-state index < -0.39 is 0 Å². The van der Waals surface area contributed by atoms with E-state index in [9.17, 15) is 0 Å². The van der Waals surface area contributed by atoms with Crippen molar-refractivity contribution in [2.24, 2.45) is 0 Å². The second-order valence-electron chi connectivity index (χ2n) is 3.67. The molecule has 0 spiro atoms. The van der Waals surface area contributed by atoms with Crippen molar-refractivity contribution in [2.75, 3.05) is 0 Å². The van der Waals surface area contributed by atoms with Crippen LogP contribution in [0.5, 0.6) is 0 Å². The Hall–Kier alpha value is -1.31. The highest BCUT2D eigenvalue weighted by Gasteiger charge is 2.03. The minimum Gasteiger partial charge on any atom is -0.262 e. The van der Waals surface area contributed by atoms with Gasteiger partial charge in [0.05, 0.1) is 11.5 Å². The fourth-order valence-corrected chi connectivity index (χ4v) is 1.49. The van der Waals surface area contributed by atoms with E-state index in [2.05, 4.69) is 41.9 Å². The smallest absolute Gasteiger partial charge is 0.0682 e. The molecule has 1 atom stereocenters. The van der Waals surface area contributed by atoms with Crippen LogP contribution in [0.25, 0.3) is 12.2 Å². The summed E-state index contributed by atoms with van der Waals surface area (Å²) in [7, 11) is 0. The lowest BCUT2D eigenvalue weighted by molar-refractivity contribution is 0.466. The highest BCUT2D eigenvalue weighted by molar-refractivity contribution is 5.36. The molecule has 15 heavy (non-hydrogen) atoms. The van der Waals surface area contributed by atoms with E-state index >= 15 is 0 Å². The fourth-order valence-electron chi connectivity index (χ4n) is 1.49. The van der Waals surface area contributed by atoms with E-state index in [-0.39, 0.29) is 0 Å². The Kier molecular flexibility index (Phi) is 4.35. The summed E-state index contributed by atoms with van der Waals surface area (Å²) in [6.45, 7) is 8.45. The van der Waals surface area contributed by atoms with Crippen molar-refractivity contribution in [2.45, 2.75) is 40.2 Å². The Morgan fingerprint density at radius 1 is 1.47 bits per heavy atom. The summed E-state index contributed by atoms with van der Waals surface area (Å²) >= 11 is 0. The molecule has 0 saturated heterocycles. The highest BCUT2D eigenvalue weighted by atomic mass is 15.3. The third-order valence-electron chi connectivity index (χ3n) is 2.63. The first-order chi connectivity index (χ1) is 7.24. The molecule has 0 aliphatic heterocycles. The topological polar surface area (TPSA) is 17.8 Å². The summed E-state index contributed by atoms with van der Waals surface area (Å²) in [5.74, 6) is 0. The average Bonchev–Trinajstić information content (AvgIpc) is 2.67. The van der Waals surface area contributed by atoms with E-state index in [4.69, 9.17) is 0 Å². The van der Waals surface area contributed by atoms with Gasteiger partial charge in [-0.2, -0.15) is 5.10 Å². The lowest BCUT2D eigenvalue weighted by Crippen LogP contribution is -2.30. The fraction of sp³-hybridized carbons (Fsp3) is 0.462. The maximum Gasteiger partial charge on any atom is 0.0682 e. The maximum atomic E-state index is 4.43. The van der Waals surface area contributed by atoms with E-state index in [1.165, 1.54) is 10.6 Å². The van der Waals surface area contributed by atoms with Crippen molar-refractivity contribution >= 4 is 12.2 Å². The Balaban J connectivity index is 3.37. The first-order valence-corrected chi connectivity index (χ1v) is 5.57. The predicted octanol–water partition coefficient (Wildman–Crippen LogP) is 2.01. The third kappa shape index (κ3) is 2.58. The third-order valence-corrected chi connectivity index (χ3v) is 2.63.